The summed E-state index contributed by atoms with van der Waals surface area (Å²) >= 11 is 12.4. The molecular weight excluding hydrogens is 389 g/mol. The normalized spacial score (nSPS) is 10.4. The van der Waals surface area contributed by atoms with Crippen LogP contribution in [0.4, 0.5) is 17.1 Å². The fourth-order valence-corrected chi connectivity index (χ4v) is 3.15. The number of fused-ring (bicyclic) bond motifs is 1. The zero-order valence-corrected chi connectivity index (χ0v) is 16.3. The minimum atomic E-state index is 0.333. The first-order chi connectivity index (χ1) is 13.0. The van der Waals surface area contributed by atoms with Crippen molar-refractivity contribution in [3.05, 3.63) is 51.9 Å². The van der Waals surface area contributed by atoms with Gasteiger partial charge in [0.25, 0.3) is 0 Å². The molecule has 0 bridgehead atoms. The van der Waals surface area contributed by atoms with Crippen LogP contribution in [0, 0.1) is 6.57 Å². The van der Waals surface area contributed by atoms with Crippen molar-refractivity contribution in [2.24, 2.45) is 0 Å². The number of hydrogen-bond donors (Lipinski definition) is 1. The van der Waals surface area contributed by atoms with Crippen LogP contribution in [0.25, 0.3) is 15.7 Å². The predicted molar refractivity (Wildman–Crippen MR) is 107 cm³/mol. The monoisotopic (exact) mass is 403 g/mol. The molecule has 0 saturated heterocycles. The van der Waals surface area contributed by atoms with Crippen molar-refractivity contribution in [1.29, 1.82) is 0 Å². The molecule has 0 aliphatic heterocycles. The maximum atomic E-state index is 7.48. The average molecular weight is 404 g/mol. The molecule has 0 aliphatic carbocycles. The Balaban J connectivity index is 2.22. The Labute approximate surface area is 166 Å². The molecule has 1 heterocycles. The van der Waals surface area contributed by atoms with Gasteiger partial charge in [-0.3, -0.25) is 4.98 Å². The molecule has 1 aromatic heterocycles. The van der Waals surface area contributed by atoms with Gasteiger partial charge in [0.2, 0.25) is 5.69 Å². The molecule has 27 heavy (non-hydrogen) atoms. The SMILES string of the molecule is [C-]#[N+]c1cnc2cc(OC)c(OC)cc2c1Nc1cc(OC)c(Cl)cc1Cl. The zero-order chi connectivity index (χ0) is 19.6. The fourth-order valence-electron chi connectivity index (χ4n) is 2.64. The number of nitrogens with zero attached hydrogens (tertiary/aromatic N) is 2. The number of rotatable bonds is 5. The van der Waals surface area contributed by atoms with Gasteiger partial charge in [-0.15, -0.1) is 0 Å². The van der Waals surface area contributed by atoms with Crippen LogP contribution in [-0.4, -0.2) is 26.3 Å². The van der Waals surface area contributed by atoms with Crippen LogP contribution in [-0.2, 0) is 0 Å². The van der Waals surface area contributed by atoms with Crippen LogP contribution in [0.5, 0.6) is 17.2 Å². The fraction of sp³-hybridized carbons (Fsp3) is 0.158. The van der Waals surface area contributed by atoms with E-state index in [1.165, 1.54) is 13.3 Å². The van der Waals surface area contributed by atoms with E-state index in [2.05, 4.69) is 15.1 Å². The van der Waals surface area contributed by atoms with Crippen molar-refractivity contribution < 1.29 is 14.2 Å². The van der Waals surface area contributed by atoms with E-state index in [4.69, 9.17) is 44.0 Å². The van der Waals surface area contributed by atoms with Crippen molar-refractivity contribution in [2.75, 3.05) is 26.6 Å². The van der Waals surface area contributed by atoms with Crippen molar-refractivity contribution in [3.63, 3.8) is 0 Å². The van der Waals surface area contributed by atoms with Gasteiger partial charge in [-0.05, 0) is 12.1 Å². The van der Waals surface area contributed by atoms with Crippen LogP contribution < -0.4 is 19.5 Å². The number of nitrogens with one attached hydrogen (secondary N) is 1. The molecule has 0 atom stereocenters. The molecule has 0 saturated carbocycles. The van der Waals surface area contributed by atoms with Crippen LogP contribution in [0.3, 0.4) is 0 Å². The molecule has 8 heteroatoms. The maximum absolute atomic E-state index is 7.48. The quantitative estimate of drug-likeness (QED) is 0.540. The lowest BCUT2D eigenvalue weighted by Crippen LogP contribution is -1.97. The third-order valence-electron chi connectivity index (χ3n) is 3.97. The van der Waals surface area contributed by atoms with Gasteiger partial charge in [-0.25, -0.2) is 4.85 Å². The summed E-state index contributed by atoms with van der Waals surface area (Å²) in [5.74, 6) is 1.53. The Hall–Kier alpha value is -2.88. The van der Waals surface area contributed by atoms with Crippen LogP contribution in [0.2, 0.25) is 10.0 Å². The average Bonchev–Trinajstić information content (AvgIpc) is 2.68. The van der Waals surface area contributed by atoms with E-state index in [1.54, 1.807) is 38.5 Å². The van der Waals surface area contributed by atoms with Gasteiger partial charge in [0.05, 0.1) is 54.8 Å². The molecule has 0 amide bonds. The van der Waals surface area contributed by atoms with Gasteiger partial charge in [-0.1, -0.05) is 23.2 Å². The van der Waals surface area contributed by atoms with Crippen LogP contribution >= 0.6 is 23.2 Å². The second-order valence-electron chi connectivity index (χ2n) is 5.45. The van der Waals surface area contributed by atoms with E-state index in [1.807, 2.05) is 0 Å². The van der Waals surface area contributed by atoms with Gasteiger partial charge in [0, 0.05) is 23.7 Å². The highest BCUT2D eigenvalue weighted by molar-refractivity contribution is 6.37. The van der Waals surface area contributed by atoms with E-state index in [0.29, 0.717) is 55.3 Å². The summed E-state index contributed by atoms with van der Waals surface area (Å²) in [4.78, 5) is 7.90. The summed E-state index contributed by atoms with van der Waals surface area (Å²) in [6.07, 6.45) is 1.49. The first-order valence-electron chi connectivity index (χ1n) is 7.74. The predicted octanol–water partition coefficient (Wildman–Crippen LogP) is 5.86. The Morgan fingerprint density at radius 1 is 0.926 bits per heavy atom. The maximum Gasteiger partial charge on any atom is 0.228 e. The molecule has 0 spiro atoms. The number of hydrogen-bond acceptors (Lipinski definition) is 5. The number of aromatic nitrogens is 1. The highest BCUT2D eigenvalue weighted by Crippen LogP contribution is 2.42. The first-order valence-corrected chi connectivity index (χ1v) is 8.50. The van der Waals surface area contributed by atoms with Crippen molar-refractivity contribution in [2.45, 2.75) is 0 Å². The summed E-state index contributed by atoms with van der Waals surface area (Å²) in [5, 5.41) is 4.67. The minimum absolute atomic E-state index is 0.333. The standard InChI is InChI=1S/C19H15Cl2N3O3/c1-22-15-9-23-13-7-18(27-4)17(26-3)5-10(13)19(15)24-14-8-16(25-2)12(21)6-11(14)20/h5-9H,2-4H3,(H,23,24). The van der Waals surface area contributed by atoms with E-state index < -0.39 is 0 Å². The highest BCUT2D eigenvalue weighted by atomic mass is 35.5. The highest BCUT2D eigenvalue weighted by Gasteiger charge is 2.16. The minimum Gasteiger partial charge on any atom is -0.495 e. The van der Waals surface area contributed by atoms with Gasteiger partial charge in [0.1, 0.15) is 5.75 Å². The Morgan fingerprint density at radius 2 is 1.59 bits per heavy atom. The van der Waals surface area contributed by atoms with Crippen molar-refractivity contribution in [3.8, 4) is 17.2 Å². The van der Waals surface area contributed by atoms with E-state index in [0.717, 1.165) is 0 Å². The van der Waals surface area contributed by atoms with E-state index >= 15 is 0 Å². The Kier molecular flexibility index (Phi) is 5.45. The summed E-state index contributed by atoms with van der Waals surface area (Å²) in [7, 11) is 4.61. The number of methoxy groups -OCH3 is 3. The second-order valence-corrected chi connectivity index (χ2v) is 6.26. The molecule has 138 valence electrons. The molecule has 1 N–H and O–H groups in total. The smallest absolute Gasteiger partial charge is 0.228 e. The lowest BCUT2D eigenvalue weighted by molar-refractivity contribution is 0.356. The third kappa shape index (κ3) is 3.52. The number of pyridine rings is 1. The molecule has 0 unspecified atom stereocenters. The van der Waals surface area contributed by atoms with Gasteiger partial charge in [0.15, 0.2) is 11.5 Å². The van der Waals surface area contributed by atoms with Crippen molar-refractivity contribution in [1.82, 2.24) is 4.98 Å². The van der Waals surface area contributed by atoms with Crippen LogP contribution in [0.1, 0.15) is 0 Å². The van der Waals surface area contributed by atoms with Crippen molar-refractivity contribution >= 4 is 51.2 Å². The lowest BCUT2D eigenvalue weighted by Gasteiger charge is -2.16. The Bertz CT molecular complexity index is 1060. The molecule has 3 aromatic rings. The number of halogens is 2. The number of ether oxygens (including phenoxy) is 3. The Morgan fingerprint density at radius 3 is 2.22 bits per heavy atom. The molecule has 2 aromatic carbocycles. The second kappa shape index (κ2) is 7.78. The topological polar surface area (TPSA) is 57.0 Å². The molecule has 0 radical (unpaired) electrons. The van der Waals surface area contributed by atoms with Gasteiger partial charge in [-0.2, -0.15) is 0 Å². The largest absolute Gasteiger partial charge is 0.495 e. The van der Waals surface area contributed by atoms with Gasteiger partial charge >= 0.3 is 0 Å². The first kappa shape index (κ1) is 18.9. The lowest BCUT2D eigenvalue weighted by atomic mass is 10.1. The molecule has 0 aliphatic rings. The van der Waals surface area contributed by atoms with Crippen LogP contribution in [0.15, 0.2) is 30.5 Å². The third-order valence-corrected chi connectivity index (χ3v) is 4.58. The molecule has 3 rings (SSSR count). The number of anilines is 2. The number of benzene rings is 2. The zero-order valence-electron chi connectivity index (χ0n) is 14.8. The summed E-state index contributed by atoms with van der Waals surface area (Å²) in [6, 6.07) is 6.76. The van der Waals surface area contributed by atoms with E-state index in [9.17, 15) is 0 Å². The summed E-state index contributed by atoms with van der Waals surface area (Å²) < 4.78 is 16.0. The molecule has 0 fully saturated rings. The molecule has 6 nitrogen and oxygen atoms in total. The van der Waals surface area contributed by atoms with Gasteiger partial charge < -0.3 is 19.5 Å². The summed E-state index contributed by atoms with van der Waals surface area (Å²) in [5.41, 5.74) is 2.06. The van der Waals surface area contributed by atoms with E-state index in [-0.39, 0.29) is 0 Å². The summed E-state index contributed by atoms with van der Waals surface area (Å²) in [6.45, 7) is 7.48. The molecular formula is C19H15Cl2N3O3.